The summed E-state index contributed by atoms with van der Waals surface area (Å²) < 4.78 is 0. The van der Waals surface area contributed by atoms with Gasteiger partial charge in [-0.1, -0.05) is 105 Å². The fourth-order valence-electron chi connectivity index (χ4n) is 0.612. The number of rotatable bonds is 3. The van der Waals surface area contributed by atoms with Gasteiger partial charge in [0.15, 0.2) is 0 Å². The third-order valence-electron chi connectivity index (χ3n) is 6.26. The molecule has 0 aliphatic heterocycles. The molecule has 0 aromatic heterocycles. The molecular formula is C28H61V-. The summed E-state index contributed by atoms with van der Waals surface area (Å²) in [5.41, 5.74) is 5.36. The second kappa shape index (κ2) is 22.7. The van der Waals surface area contributed by atoms with Crippen molar-refractivity contribution in [3.8, 4) is 0 Å². The maximum Gasteiger partial charge on any atom is 0 e. The van der Waals surface area contributed by atoms with Gasteiger partial charge in [0.1, 0.15) is 0 Å². The summed E-state index contributed by atoms with van der Waals surface area (Å²) >= 11 is 0. The molecule has 0 aliphatic carbocycles. The van der Waals surface area contributed by atoms with Gasteiger partial charge in [-0.2, -0.15) is 0 Å². The minimum atomic E-state index is 0. The van der Waals surface area contributed by atoms with Crippen molar-refractivity contribution in [2.24, 2.45) is 22.7 Å². The van der Waals surface area contributed by atoms with Gasteiger partial charge in [0, 0.05) is 18.6 Å². The van der Waals surface area contributed by atoms with Crippen molar-refractivity contribution in [2.45, 2.75) is 131 Å². The van der Waals surface area contributed by atoms with Crippen molar-refractivity contribution >= 4 is 0 Å². The predicted octanol–water partition coefficient (Wildman–Crippen LogP) is 10.9. The summed E-state index contributed by atoms with van der Waals surface area (Å²) in [6, 6.07) is 0. The molecule has 0 fully saturated rings. The van der Waals surface area contributed by atoms with Crippen molar-refractivity contribution in [1.82, 2.24) is 0 Å². The fourth-order valence-corrected chi connectivity index (χ4v) is 0.612. The minimum absolute atomic E-state index is 0. The molecule has 0 saturated carbocycles. The van der Waals surface area contributed by atoms with Crippen LogP contribution in [0.2, 0.25) is 0 Å². The first kappa shape index (κ1) is 43.0. The summed E-state index contributed by atoms with van der Waals surface area (Å²) in [4.78, 5) is 0. The van der Waals surface area contributed by atoms with Gasteiger partial charge in [0.05, 0.1) is 0 Å². The molecule has 1 heteroatoms. The molecule has 179 valence electrons. The van der Waals surface area contributed by atoms with E-state index in [1.54, 1.807) is 0 Å². The Bertz CT molecular complexity index is 369. The maximum atomic E-state index is 2.32. The van der Waals surface area contributed by atoms with Crippen LogP contribution in [0.15, 0.2) is 22.8 Å². The summed E-state index contributed by atoms with van der Waals surface area (Å²) in [5, 5.41) is 0. The van der Waals surface area contributed by atoms with E-state index in [1.165, 1.54) is 29.6 Å². The van der Waals surface area contributed by atoms with E-state index in [4.69, 9.17) is 0 Å². The minimum Gasteiger partial charge on any atom is -0.358 e. The Labute approximate surface area is 201 Å². The standard InChI is InChI=1S/C8H18.C7H16.2C6H12.CH3.V/c1-6-8(4,5)7(2)3;1-6(2)7(3,4)5;1-5(2)6(3)4;1-4-6(3)5-2;;/h7H,6H2,1-5H3;6H,1-5H3;1-4H3;4H,5H2,1-3H3;1H3;/q;;;;-1;/b;;;6-4+;;. The van der Waals surface area contributed by atoms with Gasteiger partial charge in [-0.15, -0.1) is 0 Å². The normalized spacial score (nSPS) is 10.8. The third-order valence-corrected chi connectivity index (χ3v) is 6.26. The number of allylic oxidation sites excluding steroid dienone is 4. The first-order chi connectivity index (χ1) is 11.9. The molecule has 0 nitrogen and oxygen atoms in total. The van der Waals surface area contributed by atoms with Crippen LogP contribution in [-0.4, -0.2) is 0 Å². The average molecular weight is 449 g/mol. The Balaban J connectivity index is -0.0000000598. The topological polar surface area (TPSA) is 0 Å². The Hall–Kier alpha value is 0.0644. The first-order valence-corrected chi connectivity index (χ1v) is 11.1. The molecule has 1 radical (unpaired) electrons. The predicted molar refractivity (Wildman–Crippen MR) is 139 cm³/mol. The van der Waals surface area contributed by atoms with Crippen LogP contribution in [0.4, 0.5) is 0 Å². The molecule has 0 rings (SSSR count). The number of hydrogen-bond donors (Lipinski definition) is 0. The van der Waals surface area contributed by atoms with Crippen LogP contribution in [-0.2, 0) is 18.6 Å². The van der Waals surface area contributed by atoms with E-state index in [0.717, 1.165) is 11.8 Å². The van der Waals surface area contributed by atoms with E-state index < -0.39 is 0 Å². The van der Waals surface area contributed by atoms with E-state index in [0.29, 0.717) is 10.8 Å². The SMILES string of the molecule is C/C=C(\C)CC.CC(C)=C(C)C.CC(C)C(C)(C)C.CCC(C)(C)C(C)C.[CH3-].[V]. The molecule has 0 bridgehead atoms. The zero-order chi connectivity index (χ0) is 23.0. The molecule has 0 aliphatic rings. The van der Waals surface area contributed by atoms with Gasteiger partial charge in [-0.25, -0.2) is 0 Å². The van der Waals surface area contributed by atoms with Crippen LogP contribution < -0.4 is 0 Å². The van der Waals surface area contributed by atoms with Crippen LogP contribution in [0.1, 0.15) is 131 Å². The molecule has 29 heavy (non-hydrogen) atoms. The van der Waals surface area contributed by atoms with Gasteiger partial charge >= 0.3 is 0 Å². The molecule has 0 unspecified atom stereocenters. The summed E-state index contributed by atoms with van der Waals surface area (Å²) in [6.07, 6.45) is 4.61. The van der Waals surface area contributed by atoms with Crippen molar-refractivity contribution < 1.29 is 18.6 Å². The van der Waals surface area contributed by atoms with Crippen molar-refractivity contribution in [3.63, 3.8) is 0 Å². The van der Waals surface area contributed by atoms with Crippen molar-refractivity contribution in [3.05, 3.63) is 30.2 Å². The molecule has 0 aromatic rings. The first-order valence-electron chi connectivity index (χ1n) is 11.1. The van der Waals surface area contributed by atoms with E-state index >= 15 is 0 Å². The van der Waals surface area contributed by atoms with Crippen LogP contribution in [0, 0.1) is 30.1 Å². The second-order valence-corrected chi connectivity index (χ2v) is 10.5. The molecule has 0 amide bonds. The largest absolute Gasteiger partial charge is 0.358 e. The zero-order valence-electron chi connectivity index (χ0n) is 24.1. The van der Waals surface area contributed by atoms with Crippen LogP contribution in [0.25, 0.3) is 0 Å². The molecule has 0 aromatic carbocycles. The maximum absolute atomic E-state index is 2.32. The smallest absolute Gasteiger partial charge is 0 e. The van der Waals surface area contributed by atoms with E-state index in [2.05, 4.69) is 124 Å². The molecule has 0 spiro atoms. The van der Waals surface area contributed by atoms with Crippen LogP contribution >= 0.6 is 0 Å². The molecule has 0 atom stereocenters. The molecule has 0 saturated heterocycles. The Kier molecular flexibility index (Phi) is 33.7. The van der Waals surface area contributed by atoms with Gasteiger partial charge in [-0.05, 0) is 70.6 Å². The Morgan fingerprint density at radius 2 is 1.00 bits per heavy atom. The zero-order valence-corrected chi connectivity index (χ0v) is 25.5. The summed E-state index contributed by atoms with van der Waals surface area (Å²) in [7, 11) is 0. The van der Waals surface area contributed by atoms with Crippen LogP contribution in [0.3, 0.4) is 0 Å². The van der Waals surface area contributed by atoms with Gasteiger partial charge < -0.3 is 7.43 Å². The monoisotopic (exact) mass is 448 g/mol. The second-order valence-electron chi connectivity index (χ2n) is 10.5. The van der Waals surface area contributed by atoms with Gasteiger partial charge in [0.2, 0.25) is 0 Å². The quantitative estimate of drug-likeness (QED) is 0.297. The van der Waals surface area contributed by atoms with Crippen molar-refractivity contribution in [1.29, 1.82) is 0 Å². The van der Waals surface area contributed by atoms with Crippen molar-refractivity contribution in [2.75, 3.05) is 0 Å². The third kappa shape index (κ3) is 35.8. The Morgan fingerprint density at radius 3 is 1.00 bits per heavy atom. The number of hydrogen-bond acceptors (Lipinski definition) is 0. The van der Waals surface area contributed by atoms with E-state index in [1.807, 2.05) is 0 Å². The van der Waals surface area contributed by atoms with Crippen LogP contribution in [0.5, 0.6) is 0 Å². The van der Waals surface area contributed by atoms with Gasteiger partial charge in [-0.3, -0.25) is 0 Å². The van der Waals surface area contributed by atoms with E-state index in [9.17, 15) is 0 Å². The van der Waals surface area contributed by atoms with Gasteiger partial charge in [0.25, 0.3) is 0 Å². The summed E-state index contributed by atoms with van der Waals surface area (Å²) in [6.45, 7) is 37.6. The van der Waals surface area contributed by atoms with E-state index in [-0.39, 0.29) is 26.0 Å². The average Bonchev–Trinajstić information content (AvgIpc) is 2.54. The Morgan fingerprint density at radius 1 is 0.724 bits per heavy atom. The summed E-state index contributed by atoms with van der Waals surface area (Å²) in [5.74, 6) is 1.61. The molecule has 0 heterocycles. The molecular weight excluding hydrogens is 387 g/mol. The fraction of sp³-hybridized carbons (Fsp3) is 0.821. The molecule has 0 N–H and O–H groups in total.